The number of phenols is 1. The Bertz CT molecular complexity index is 226. The number of phenolic OH excluding ortho intramolecular Hbond substituents is 1. The minimum absolute atomic E-state index is 0.298. The van der Waals surface area contributed by atoms with Crippen molar-refractivity contribution in [3.05, 3.63) is 34.8 Å². The van der Waals surface area contributed by atoms with Crippen LogP contribution in [0.15, 0.2) is 29.3 Å². The van der Waals surface area contributed by atoms with Gasteiger partial charge in [-0.15, -0.1) is 0 Å². The highest BCUT2D eigenvalue weighted by Gasteiger charge is 1.85. The number of halogens is 1. The van der Waals surface area contributed by atoms with Crippen molar-refractivity contribution in [3.8, 4) is 5.75 Å². The van der Waals surface area contributed by atoms with Gasteiger partial charge in [0.05, 0.1) is 0 Å². The standard InChI is InChI=1S/C8H7BrO/c9-6-5-7-1-3-8(10)4-2-7/h1-6,10H/b6-5-. The lowest BCUT2D eigenvalue weighted by atomic mass is 10.2. The van der Waals surface area contributed by atoms with Gasteiger partial charge >= 0.3 is 0 Å². The molecule has 1 nitrogen and oxygen atoms in total. The molecule has 1 N–H and O–H groups in total. The van der Waals surface area contributed by atoms with Gasteiger partial charge in [-0.25, -0.2) is 0 Å². The van der Waals surface area contributed by atoms with E-state index in [0.717, 1.165) is 5.56 Å². The molecule has 1 aromatic rings. The Morgan fingerprint density at radius 1 is 1.20 bits per heavy atom. The minimum atomic E-state index is 0.298. The van der Waals surface area contributed by atoms with Gasteiger partial charge in [0.1, 0.15) is 5.75 Å². The van der Waals surface area contributed by atoms with Gasteiger partial charge in [0.15, 0.2) is 0 Å². The molecule has 0 spiro atoms. The van der Waals surface area contributed by atoms with Crippen LogP contribution in [0.25, 0.3) is 6.08 Å². The second-order valence-corrected chi connectivity index (χ2v) is 2.41. The first-order chi connectivity index (χ1) is 4.83. The van der Waals surface area contributed by atoms with Gasteiger partial charge in [-0.1, -0.05) is 28.1 Å². The van der Waals surface area contributed by atoms with E-state index in [1.807, 2.05) is 18.2 Å². The van der Waals surface area contributed by atoms with Crippen molar-refractivity contribution in [1.29, 1.82) is 0 Å². The lowest BCUT2D eigenvalue weighted by molar-refractivity contribution is 0.475. The van der Waals surface area contributed by atoms with Crippen LogP contribution in [0.5, 0.6) is 5.75 Å². The number of aromatic hydroxyl groups is 1. The van der Waals surface area contributed by atoms with E-state index in [9.17, 15) is 0 Å². The molecule has 0 amide bonds. The van der Waals surface area contributed by atoms with Gasteiger partial charge in [-0.05, 0) is 28.8 Å². The van der Waals surface area contributed by atoms with Gasteiger partial charge in [-0.3, -0.25) is 0 Å². The van der Waals surface area contributed by atoms with Crippen molar-refractivity contribution in [2.75, 3.05) is 0 Å². The second kappa shape index (κ2) is 3.42. The highest BCUT2D eigenvalue weighted by molar-refractivity contribution is 9.11. The summed E-state index contributed by atoms with van der Waals surface area (Å²) < 4.78 is 0. The molecule has 2 heteroatoms. The summed E-state index contributed by atoms with van der Waals surface area (Å²) in [6, 6.07) is 6.99. The zero-order valence-electron chi connectivity index (χ0n) is 5.29. The van der Waals surface area contributed by atoms with Gasteiger partial charge in [0, 0.05) is 0 Å². The normalized spacial score (nSPS) is 10.5. The largest absolute Gasteiger partial charge is 0.508 e. The monoisotopic (exact) mass is 198 g/mol. The van der Waals surface area contributed by atoms with Crippen molar-refractivity contribution in [2.24, 2.45) is 0 Å². The molecular formula is C8H7BrO. The highest BCUT2D eigenvalue weighted by atomic mass is 79.9. The molecule has 10 heavy (non-hydrogen) atoms. The Hall–Kier alpha value is -0.760. The summed E-state index contributed by atoms with van der Waals surface area (Å²) in [4.78, 5) is 1.78. The smallest absolute Gasteiger partial charge is 0.115 e. The number of benzene rings is 1. The second-order valence-electron chi connectivity index (χ2n) is 1.88. The quantitative estimate of drug-likeness (QED) is 0.737. The molecule has 0 radical (unpaired) electrons. The third-order valence-electron chi connectivity index (χ3n) is 1.15. The van der Waals surface area contributed by atoms with E-state index in [-0.39, 0.29) is 0 Å². The van der Waals surface area contributed by atoms with Crippen LogP contribution in [0.2, 0.25) is 0 Å². The Labute approximate surface area is 68.1 Å². The van der Waals surface area contributed by atoms with E-state index in [2.05, 4.69) is 15.9 Å². The number of hydrogen-bond acceptors (Lipinski definition) is 1. The van der Waals surface area contributed by atoms with Crippen LogP contribution in [0.4, 0.5) is 0 Å². The van der Waals surface area contributed by atoms with E-state index in [4.69, 9.17) is 5.11 Å². The Balaban J connectivity index is 2.89. The summed E-state index contributed by atoms with van der Waals surface area (Å²) in [7, 11) is 0. The molecule has 0 aliphatic heterocycles. The number of rotatable bonds is 1. The fourth-order valence-corrected chi connectivity index (χ4v) is 0.963. The van der Waals surface area contributed by atoms with E-state index in [1.54, 1.807) is 17.1 Å². The lowest BCUT2D eigenvalue weighted by Crippen LogP contribution is -1.67. The Morgan fingerprint density at radius 3 is 2.30 bits per heavy atom. The third kappa shape index (κ3) is 1.88. The maximum Gasteiger partial charge on any atom is 0.115 e. The Morgan fingerprint density at radius 2 is 1.80 bits per heavy atom. The first-order valence-corrected chi connectivity index (χ1v) is 3.80. The Kier molecular flexibility index (Phi) is 2.51. The van der Waals surface area contributed by atoms with Crippen molar-refractivity contribution in [3.63, 3.8) is 0 Å². The van der Waals surface area contributed by atoms with E-state index in [0.29, 0.717) is 5.75 Å². The molecule has 0 fully saturated rings. The average Bonchev–Trinajstić information content (AvgIpc) is 1.95. The molecule has 0 aliphatic rings. The first-order valence-electron chi connectivity index (χ1n) is 2.89. The minimum Gasteiger partial charge on any atom is -0.508 e. The summed E-state index contributed by atoms with van der Waals surface area (Å²) in [5.74, 6) is 0.298. The molecule has 0 saturated carbocycles. The number of hydrogen-bond donors (Lipinski definition) is 1. The predicted molar refractivity (Wildman–Crippen MR) is 46.1 cm³/mol. The zero-order valence-corrected chi connectivity index (χ0v) is 6.88. The van der Waals surface area contributed by atoms with Gasteiger partial charge in [0.2, 0.25) is 0 Å². The van der Waals surface area contributed by atoms with E-state index >= 15 is 0 Å². The SMILES string of the molecule is Oc1ccc(/C=C\Br)cc1. The average molecular weight is 199 g/mol. The predicted octanol–water partition coefficient (Wildman–Crippen LogP) is 2.76. The molecule has 0 aromatic heterocycles. The fraction of sp³-hybridized carbons (Fsp3) is 0. The van der Waals surface area contributed by atoms with Crippen LogP contribution < -0.4 is 0 Å². The van der Waals surface area contributed by atoms with Crippen LogP contribution in [0.1, 0.15) is 5.56 Å². The van der Waals surface area contributed by atoms with E-state index in [1.165, 1.54) is 0 Å². The van der Waals surface area contributed by atoms with Gasteiger partial charge < -0.3 is 5.11 Å². The molecule has 0 unspecified atom stereocenters. The maximum absolute atomic E-state index is 8.89. The molecule has 1 aromatic carbocycles. The molecule has 52 valence electrons. The zero-order chi connectivity index (χ0) is 7.40. The third-order valence-corrected chi connectivity index (χ3v) is 1.41. The molecule has 0 saturated heterocycles. The van der Waals surface area contributed by atoms with Crippen molar-refractivity contribution < 1.29 is 5.11 Å². The van der Waals surface area contributed by atoms with Crippen LogP contribution in [0, 0.1) is 0 Å². The van der Waals surface area contributed by atoms with Crippen molar-refractivity contribution in [1.82, 2.24) is 0 Å². The molecule has 0 aliphatic carbocycles. The topological polar surface area (TPSA) is 20.2 Å². The summed E-state index contributed by atoms with van der Waals surface area (Å²) in [6.07, 6.45) is 1.90. The van der Waals surface area contributed by atoms with Crippen LogP contribution in [-0.2, 0) is 0 Å². The first kappa shape index (κ1) is 7.35. The molecule has 1 rings (SSSR count). The molecule has 0 atom stereocenters. The van der Waals surface area contributed by atoms with Crippen LogP contribution in [0.3, 0.4) is 0 Å². The summed E-state index contributed by atoms with van der Waals surface area (Å²) >= 11 is 3.16. The van der Waals surface area contributed by atoms with Crippen LogP contribution >= 0.6 is 15.9 Å². The highest BCUT2D eigenvalue weighted by Crippen LogP contribution is 2.10. The lowest BCUT2D eigenvalue weighted by Gasteiger charge is -1.91. The fourth-order valence-electron chi connectivity index (χ4n) is 0.658. The van der Waals surface area contributed by atoms with Crippen molar-refractivity contribution >= 4 is 22.0 Å². The summed E-state index contributed by atoms with van der Waals surface area (Å²) in [5.41, 5.74) is 1.06. The molecular weight excluding hydrogens is 192 g/mol. The summed E-state index contributed by atoms with van der Waals surface area (Å²) in [6.45, 7) is 0. The van der Waals surface area contributed by atoms with E-state index < -0.39 is 0 Å². The van der Waals surface area contributed by atoms with Crippen LogP contribution in [-0.4, -0.2) is 5.11 Å². The van der Waals surface area contributed by atoms with Gasteiger partial charge in [-0.2, -0.15) is 0 Å². The van der Waals surface area contributed by atoms with Gasteiger partial charge in [0.25, 0.3) is 0 Å². The summed E-state index contributed by atoms with van der Waals surface area (Å²) in [5, 5.41) is 8.89. The maximum atomic E-state index is 8.89. The van der Waals surface area contributed by atoms with Crippen molar-refractivity contribution in [2.45, 2.75) is 0 Å². The molecule has 0 bridgehead atoms. The molecule has 0 heterocycles.